The van der Waals surface area contributed by atoms with E-state index >= 15 is 0 Å². The fraction of sp³-hybridized carbons (Fsp3) is 0.0455. The summed E-state index contributed by atoms with van der Waals surface area (Å²) in [6, 6.07) is 30.8. The molecule has 3 aromatic carbocycles. The molecule has 0 N–H and O–H groups in total. The minimum Gasteiger partial charge on any atom is -0.355 e. The first-order valence-corrected chi connectivity index (χ1v) is 8.05. The molecule has 24 heavy (non-hydrogen) atoms. The summed E-state index contributed by atoms with van der Waals surface area (Å²) in [5, 5.41) is 4.38. The van der Waals surface area contributed by atoms with E-state index in [9.17, 15) is 0 Å². The molecule has 0 radical (unpaired) electrons. The van der Waals surface area contributed by atoms with Crippen LogP contribution in [0, 0.1) is 0 Å². The van der Waals surface area contributed by atoms with Crippen LogP contribution in [-0.2, 0) is 6.42 Å². The molecule has 4 rings (SSSR count). The highest BCUT2D eigenvalue weighted by Gasteiger charge is 2.19. The van der Waals surface area contributed by atoms with Gasteiger partial charge in [0.2, 0.25) is 0 Å². The zero-order valence-corrected chi connectivity index (χ0v) is 13.2. The maximum absolute atomic E-state index is 5.76. The standard InChI is InChI=1S/C22H17NO/c1-4-10-17(11-5-1)16-20-21(18-12-6-2-7-13-18)23-24-22(20)19-14-8-3-9-15-19/h1-15H,16H2. The van der Waals surface area contributed by atoms with Crippen LogP contribution in [0.2, 0.25) is 0 Å². The van der Waals surface area contributed by atoms with Crippen molar-refractivity contribution in [3.8, 4) is 22.6 Å². The number of hydrogen-bond acceptors (Lipinski definition) is 2. The van der Waals surface area contributed by atoms with Crippen molar-refractivity contribution >= 4 is 0 Å². The molecule has 0 atom stereocenters. The summed E-state index contributed by atoms with van der Waals surface area (Å²) in [6.07, 6.45) is 0.790. The molecule has 0 aliphatic heterocycles. The molecule has 0 fully saturated rings. The lowest BCUT2D eigenvalue weighted by atomic mass is 9.97. The molecule has 1 aromatic heterocycles. The Morgan fingerprint density at radius 1 is 0.625 bits per heavy atom. The fourth-order valence-corrected chi connectivity index (χ4v) is 2.91. The Morgan fingerprint density at radius 2 is 1.17 bits per heavy atom. The molecular weight excluding hydrogens is 294 g/mol. The van der Waals surface area contributed by atoms with Gasteiger partial charge in [0.1, 0.15) is 5.69 Å². The predicted octanol–water partition coefficient (Wildman–Crippen LogP) is 5.60. The second-order valence-corrected chi connectivity index (χ2v) is 5.73. The van der Waals surface area contributed by atoms with Gasteiger partial charge in [-0.05, 0) is 5.56 Å². The van der Waals surface area contributed by atoms with Crippen molar-refractivity contribution in [2.75, 3.05) is 0 Å². The molecule has 0 spiro atoms. The van der Waals surface area contributed by atoms with Gasteiger partial charge in [-0.15, -0.1) is 0 Å². The fourth-order valence-electron chi connectivity index (χ4n) is 2.91. The first-order chi connectivity index (χ1) is 11.9. The van der Waals surface area contributed by atoms with Gasteiger partial charge in [0.15, 0.2) is 5.76 Å². The normalized spacial score (nSPS) is 10.7. The largest absolute Gasteiger partial charge is 0.355 e. The zero-order chi connectivity index (χ0) is 16.2. The number of rotatable bonds is 4. The molecule has 1 heterocycles. The molecule has 4 aromatic rings. The van der Waals surface area contributed by atoms with E-state index in [-0.39, 0.29) is 0 Å². The Morgan fingerprint density at radius 3 is 1.79 bits per heavy atom. The molecule has 116 valence electrons. The van der Waals surface area contributed by atoms with Gasteiger partial charge in [-0.2, -0.15) is 0 Å². The third kappa shape index (κ3) is 2.86. The Hall–Kier alpha value is -3.13. The summed E-state index contributed by atoms with van der Waals surface area (Å²) in [4.78, 5) is 0. The van der Waals surface area contributed by atoms with Gasteiger partial charge in [-0.25, -0.2) is 0 Å². The molecule has 0 aliphatic carbocycles. The Kier molecular flexibility index (Phi) is 3.95. The Labute approximate surface area is 141 Å². The maximum atomic E-state index is 5.76. The summed E-state index contributed by atoms with van der Waals surface area (Å²) in [5.74, 6) is 0.846. The molecule has 0 aliphatic rings. The van der Waals surface area contributed by atoms with Crippen molar-refractivity contribution in [2.24, 2.45) is 0 Å². The second kappa shape index (κ2) is 6.55. The van der Waals surface area contributed by atoms with Gasteiger partial charge in [0.25, 0.3) is 0 Å². The van der Waals surface area contributed by atoms with E-state index in [1.54, 1.807) is 0 Å². The number of hydrogen-bond donors (Lipinski definition) is 0. The van der Waals surface area contributed by atoms with Gasteiger partial charge in [-0.3, -0.25) is 0 Å². The first-order valence-electron chi connectivity index (χ1n) is 8.05. The Bertz CT molecular complexity index is 855. The van der Waals surface area contributed by atoms with Crippen LogP contribution in [-0.4, -0.2) is 5.16 Å². The summed E-state index contributed by atoms with van der Waals surface area (Å²) in [5.41, 5.74) is 5.42. The third-order valence-corrected chi connectivity index (χ3v) is 4.10. The summed E-state index contributed by atoms with van der Waals surface area (Å²) in [6.45, 7) is 0. The molecule has 0 amide bonds. The van der Waals surface area contributed by atoms with Crippen molar-refractivity contribution in [3.63, 3.8) is 0 Å². The third-order valence-electron chi connectivity index (χ3n) is 4.10. The highest BCUT2D eigenvalue weighted by molar-refractivity contribution is 5.73. The van der Waals surface area contributed by atoms with Crippen LogP contribution in [0.25, 0.3) is 22.6 Å². The van der Waals surface area contributed by atoms with Gasteiger partial charge >= 0.3 is 0 Å². The summed E-state index contributed by atoms with van der Waals surface area (Å²) >= 11 is 0. The van der Waals surface area contributed by atoms with Crippen LogP contribution in [0.5, 0.6) is 0 Å². The average molecular weight is 311 g/mol. The number of aromatic nitrogens is 1. The minimum absolute atomic E-state index is 0.790. The molecule has 0 saturated carbocycles. The van der Waals surface area contributed by atoms with Gasteiger partial charge in [0.05, 0.1) is 0 Å². The highest BCUT2D eigenvalue weighted by Crippen LogP contribution is 2.33. The molecule has 2 heteroatoms. The van der Waals surface area contributed by atoms with E-state index < -0.39 is 0 Å². The summed E-state index contributed by atoms with van der Waals surface area (Å²) in [7, 11) is 0. The monoisotopic (exact) mass is 311 g/mol. The molecule has 0 saturated heterocycles. The SMILES string of the molecule is c1ccc(Cc2c(-c3ccccc3)noc2-c2ccccc2)cc1. The number of benzene rings is 3. The van der Waals surface area contributed by atoms with Gasteiger partial charge in [0, 0.05) is 23.1 Å². The van der Waals surface area contributed by atoms with Crippen molar-refractivity contribution < 1.29 is 4.52 Å². The van der Waals surface area contributed by atoms with Crippen LogP contribution >= 0.6 is 0 Å². The first kappa shape index (κ1) is 14.5. The van der Waals surface area contributed by atoms with Gasteiger partial charge in [-0.1, -0.05) is 96.2 Å². The molecule has 0 bridgehead atoms. The molecule has 0 unspecified atom stereocenters. The smallest absolute Gasteiger partial charge is 0.171 e. The molecular formula is C22H17NO. The van der Waals surface area contributed by atoms with E-state index in [4.69, 9.17) is 4.52 Å². The van der Waals surface area contributed by atoms with Crippen molar-refractivity contribution in [2.45, 2.75) is 6.42 Å². The van der Waals surface area contributed by atoms with E-state index in [2.05, 4.69) is 53.7 Å². The lowest BCUT2D eigenvalue weighted by molar-refractivity contribution is 0.434. The predicted molar refractivity (Wildman–Crippen MR) is 96.6 cm³/mol. The zero-order valence-electron chi connectivity index (χ0n) is 13.2. The highest BCUT2D eigenvalue weighted by atomic mass is 16.5. The van der Waals surface area contributed by atoms with E-state index in [0.29, 0.717) is 0 Å². The lowest BCUT2D eigenvalue weighted by Gasteiger charge is -2.05. The maximum Gasteiger partial charge on any atom is 0.171 e. The van der Waals surface area contributed by atoms with Crippen LogP contribution in [0.1, 0.15) is 11.1 Å². The quantitative estimate of drug-likeness (QED) is 0.490. The van der Waals surface area contributed by atoms with Crippen molar-refractivity contribution in [1.29, 1.82) is 0 Å². The van der Waals surface area contributed by atoms with Crippen LogP contribution in [0.4, 0.5) is 0 Å². The van der Waals surface area contributed by atoms with Crippen molar-refractivity contribution in [3.05, 3.63) is 102 Å². The van der Waals surface area contributed by atoms with Gasteiger partial charge < -0.3 is 4.52 Å². The van der Waals surface area contributed by atoms with Crippen LogP contribution in [0.15, 0.2) is 95.5 Å². The van der Waals surface area contributed by atoms with Crippen molar-refractivity contribution in [1.82, 2.24) is 5.16 Å². The molecule has 2 nitrogen and oxygen atoms in total. The summed E-state index contributed by atoms with van der Waals surface area (Å²) < 4.78 is 5.76. The lowest BCUT2D eigenvalue weighted by Crippen LogP contribution is -1.92. The van der Waals surface area contributed by atoms with E-state index in [1.807, 2.05) is 42.5 Å². The van der Waals surface area contributed by atoms with E-state index in [1.165, 1.54) is 5.56 Å². The second-order valence-electron chi connectivity index (χ2n) is 5.73. The van der Waals surface area contributed by atoms with Crippen LogP contribution in [0.3, 0.4) is 0 Å². The minimum atomic E-state index is 0.790. The Balaban J connectivity index is 1.85. The van der Waals surface area contributed by atoms with Crippen LogP contribution < -0.4 is 0 Å². The number of nitrogens with zero attached hydrogens (tertiary/aromatic N) is 1. The average Bonchev–Trinajstić information content (AvgIpc) is 3.07. The topological polar surface area (TPSA) is 26.0 Å². The van der Waals surface area contributed by atoms with E-state index in [0.717, 1.165) is 34.6 Å².